The molecule has 3 aromatic carbocycles. The fourth-order valence-electron chi connectivity index (χ4n) is 4.87. The monoisotopic (exact) mass is 605 g/mol. The Hall–Kier alpha value is -3.68. The molecule has 1 amide bonds. The maximum atomic E-state index is 12.9. The number of oxazole rings is 1. The van der Waals surface area contributed by atoms with E-state index in [2.05, 4.69) is 11.4 Å². The molecule has 5 aromatic rings. The molecular weight excluding hydrogens is 573 g/mol. The van der Waals surface area contributed by atoms with E-state index in [0.717, 1.165) is 27.6 Å². The normalized spacial score (nSPS) is 11.7. The SMILES string of the molecule is CCOP(=O)(Cc1ccc(NC(=O)CCc2oc(-c3cn(C)c4ccccc34)nc2-c2ccc(Cl)cc2)cc1)OCC. The van der Waals surface area contributed by atoms with E-state index < -0.39 is 7.60 Å². The van der Waals surface area contributed by atoms with Gasteiger partial charge < -0.3 is 23.3 Å². The molecule has 8 nitrogen and oxygen atoms in total. The fraction of sp³-hybridized carbons (Fsp3) is 0.250. The van der Waals surface area contributed by atoms with E-state index in [1.54, 1.807) is 26.0 Å². The van der Waals surface area contributed by atoms with E-state index in [1.165, 1.54) is 0 Å². The number of hydrogen-bond donors (Lipinski definition) is 1. The summed E-state index contributed by atoms with van der Waals surface area (Å²) in [5.74, 6) is 0.953. The van der Waals surface area contributed by atoms with E-state index in [4.69, 9.17) is 30.0 Å². The number of halogens is 1. The summed E-state index contributed by atoms with van der Waals surface area (Å²) >= 11 is 6.13. The quantitative estimate of drug-likeness (QED) is 0.143. The van der Waals surface area contributed by atoms with Crippen LogP contribution in [0.5, 0.6) is 0 Å². The first kappa shape index (κ1) is 29.8. The van der Waals surface area contributed by atoms with Gasteiger partial charge >= 0.3 is 7.60 Å². The number of para-hydroxylation sites is 1. The predicted molar refractivity (Wildman–Crippen MR) is 167 cm³/mol. The van der Waals surface area contributed by atoms with E-state index in [9.17, 15) is 9.36 Å². The first-order valence-corrected chi connectivity index (χ1v) is 16.0. The molecule has 42 heavy (non-hydrogen) atoms. The van der Waals surface area contributed by atoms with Crippen LogP contribution >= 0.6 is 19.2 Å². The topological polar surface area (TPSA) is 95.6 Å². The van der Waals surface area contributed by atoms with Crippen molar-refractivity contribution in [1.82, 2.24) is 9.55 Å². The zero-order valence-corrected chi connectivity index (χ0v) is 25.5. The van der Waals surface area contributed by atoms with Crippen LogP contribution in [-0.4, -0.2) is 28.7 Å². The van der Waals surface area contributed by atoms with Crippen molar-refractivity contribution < 1.29 is 22.8 Å². The second-order valence-electron chi connectivity index (χ2n) is 9.82. The predicted octanol–water partition coefficient (Wildman–Crippen LogP) is 8.49. The lowest BCUT2D eigenvalue weighted by atomic mass is 10.1. The van der Waals surface area contributed by atoms with Crippen LogP contribution in [0.4, 0.5) is 5.69 Å². The molecular formula is C32H33ClN3O5P. The highest BCUT2D eigenvalue weighted by atomic mass is 35.5. The number of carbonyl (C=O) groups excluding carboxylic acids is 1. The molecule has 0 atom stereocenters. The van der Waals surface area contributed by atoms with Crippen LogP contribution in [0.25, 0.3) is 33.6 Å². The van der Waals surface area contributed by atoms with Crippen LogP contribution < -0.4 is 5.32 Å². The average molecular weight is 606 g/mol. The summed E-state index contributed by atoms with van der Waals surface area (Å²) in [7, 11) is -1.22. The first-order valence-electron chi connectivity index (χ1n) is 13.9. The highest BCUT2D eigenvalue weighted by molar-refractivity contribution is 7.53. The minimum atomic E-state index is -3.21. The molecule has 0 fully saturated rings. The molecule has 0 radical (unpaired) electrons. The van der Waals surface area contributed by atoms with Crippen LogP contribution in [0.1, 0.15) is 31.6 Å². The largest absolute Gasteiger partial charge is 0.440 e. The second kappa shape index (κ2) is 13.1. The third-order valence-electron chi connectivity index (χ3n) is 6.79. The van der Waals surface area contributed by atoms with Crippen molar-refractivity contribution in [2.24, 2.45) is 7.05 Å². The van der Waals surface area contributed by atoms with E-state index in [1.807, 2.05) is 72.4 Å². The van der Waals surface area contributed by atoms with Gasteiger partial charge in [-0.15, -0.1) is 0 Å². The van der Waals surface area contributed by atoms with Crippen LogP contribution in [0, 0.1) is 0 Å². The molecule has 5 rings (SSSR count). The summed E-state index contributed by atoms with van der Waals surface area (Å²) in [5, 5.41) is 4.60. The molecule has 0 bridgehead atoms. The van der Waals surface area contributed by atoms with Gasteiger partial charge in [-0.05, 0) is 49.7 Å². The summed E-state index contributed by atoms with van der Waals surface area (Å²) in [6, 6.07) is 22.7. The van der Waals surface area contributed by atoms with E-state index in [-0.39, 0.29) is 18.5 Å². The van der Waals surface area contributed by atoms with Crippen LogP contribution in [0.15, 0.2) is 83.4 Å². The highest BCUT2D eigenvalue weighted by Crippen LogP contribution is 2.51. The number of nitrogens with zero attached hydrogens (tertiary/aromatic N) is 2. The minimum absolute atomic E-state index is 0.165. The minimum Gasteiger partial charge on any atom is -0.440 e. The highest BCUT2D eigenvalue weighted by Gasteiger charge is 2.24. The van der Waals surface area contributed by atoms with Crippen molar-refractivity contribution in [3.63, 3.8) is 0 Å². The maximum absolute atomic E-state index is 12.9. The summed E-state index contributed by atoms with van der Waals surface area (Å²) in [6.45, 7) is 4.18. The van der Waals surface area contributed by atoms with Gasteiger partial charge in [0.05, 0.1) is 24.9 Å². The first-order chi connectivity index (χ1) is 20.3. The van der Waals surface area contributed by atoms with E-state index >= 15 is 0 Å². The molecule has 1 N–H and O–H groups in total. The number of aromatic nitrogens is 2. The lowest BCUT2D eigenvalue weighted by Crippen LogP contribution is -2.12. The molecule has 2 aromatic heterocycles. The Labute approximate surface area is 250 Å². The maximum Gasteiger partial charge on any atom is 0.335 e. The zero-order chi connectivity index (χ0) is 29.7. The van der Waals surface area contributed by atoms with Gasteiger partial charge in [0.25, 0.3) is 0 Å². The number of anilines is 1. The molecule has 0 aliphatic carbocycles. The van der Waals surface area contributed by atoms with Crippen molar-refractivity contribution in [3.05, 3.63) is 95.3 Å². The number of amides is 1. The van der Waals surface area contributed by atoms with Gasteiger partial charge in [-0.2, -0.15) is 0 Å². The lowest BCUT2D eigenvalue weighted by Gasteiger charge is -2.17. The third kappa shape index (κ3) is 6.85. The molecule has 0 saturated heterocycles. The lowest BCUT2D eigenvalue weighted by molar-refractivity contribution is -0.116. The van der Waals surface area contributed by atoms with E-state index in [0.29, 0.717) is 47.7 Å². The van der Waals surface area contributed by atoms with Gasteiger partial charge in [-0.1, -0.05) is 54.1 Å². The van der Waals surface area contributed by atoms with Gasteiger partial charge in [0.2, 0.25) is 11.8 Å². The number of carbonyl (C=O) groups is 1. The summed E-state index contributed by atoms with van der Waals surface area (Å²) in [4.78, 5) is 17.8. The van der Waals surface area contributed by atoms with Crippen molar-refractivity contribution in [2.75, 3.05) is 18.5 Å². The molecule has 0 spiro atoms. The Balaban J connectivity index is 1.32. The number of fused-ring (bicyclic) bond motifs is 1. The van der Waals surface area contributed by atoms with Crippen LogP contribution in [0.2, 0.25) is 5.02 Å². The molecule has 218 valence electrons. The summed E-state index contributed by atoms with van der Waals surface area (Å²) in [6.07, 6.45) is 2.72. The van der Waals surface area contributed by atoms with Crippen LogP contribution in [-0.2, 0) is 38.0 Å². The van der Waals surface area contributed by atoms with Crippen molar-refractivity contribution in [2.45, 2.75) is 32.9 Å². The smallest absolute Gasteiger partial charge is 0.335 e. The zero-order valence-electron chi connectivity index (χ0n) is 23.8. The Kier molecular flexibility index (Phi) is 9.29. The van der Waals surface area contributed by atoms with Gasteiger partial charge in [0.1, 0.15) is 11.5 Å². The molecule has 0 aliphatic rings. The molecule has 10 heteroatoms. The number of hydrogen-bond acceptors (Lipinski definition) is 6. The number of rotatable bonds is 12. The Bertz CT molecular complexity index is 1720. The second-order valence-corrected chi connectivity index (χ2v) is 12.3. The van der Waals surface area contributed by atoms with Gasteiger partial charge in [-0.25, -0.2) is 4.98 Å². The van der Waals surface area contributed by atoms with Gasteiger partial charge in [0.15, 0.2) is 0 Å². The van der Waals surface area contributed by atoms with Crippen molar-refractivity contribution in [3.8, 4) is 22.7 Å². The Morgan fingerprint density at radius 2 is 1.69 bits per heavy atom. The molecule has 0 saturated carbocycles. The fourth-order valence-corrected chi connectivity index (χ4v) is 6.70. The molecule has 0 unspecified atom stereocenters. The van der Waals surface area contributed by atoms with Crippen molar-refractivity contribution in [1.29, 1.82) is 0 Å². The summed E-state index contributed by atoms with van der Waals surface area (Å²) < 4.78 is 32.0. The third-order valence-corrected chi connectivity index (χ3v) is 9.09. The Morgan fingerprint density at radius 3 is 2.38 bits per heavy atom. The molecule has 2 heterocycles. The number of benzene rings is 3. The van der Waals surface area contributed by atoms with Crippen molar-refractivity contribution >= 4 is 41.7 Å². The summed E-state index contributed by atoms with van der Waals surface area (Å²) in [5.41, 5.74) is 4.94. The van der Waals surface area contributed by atoms with Crippen LogP contribution in [0.3, 0.4) is 0 Å². The van der Waals surface area contributed by atoms with Gasteiger partial charge in [-0.3, -0.25) is 9.36 Å². The standard InChI is InChI=1S/C32H33ClN3O5P/c1-4-39-42(38,40-5-2)21-22-10-16-25(17-11-22)34-30(37)19-18-29-31(23-12-14-24(33)15-13-23)35-32(41-29)27-20-36(3)28-9-7-6-8-26(27)28/h6-17,20H,4-5,18-19,21H2,1-3H3,(H,34,37). The number of nitrogens with one attached hydrogen (secondary N) is 1. The molecule has 0 aliphatic heterocycles. The van der Waals surface area contributed by atoms with Gasteiger partial charge in [0, 0.05) is 53.3 Å². The average Bonchev–Trinajstić information content (AvgIpc) is 3.55. The Morgan fingerprint density at radius 1 is 1.00 bits per heavy atom. The number of aryl methyl sites for hydroxylation is 2.